The van der Waals surface area contributed by atoms with Crippen molar-refractivity contribution in [3.63, 3.8) is 0 Å². The normalized spacial score (nSPS) is 11.2. The Bertz CT molecular complexity index is 1510. The molecule has 2 aromatic carbocycles. The van der Waals surface area contributed by atoms with E-state index in [9.17, 15) is 18.4 Å². The van der Waals surface area contributed by atoms with Gasteiger partial charge in [0.1, 0.15) is 23.3 Å². The van der Waals surface area contributed by atoms with Crippen molar-refractivity contribution in [2.24, 2.45) is 0 Å². The number of rotatable bonds is 7. The molecule has 0 aliphatic heterocycles. The molecule has 0 saturated carbocycles. The van der Waals surface area contributed by atoms with Crippen molar-refractivity contribution in [1.29, 1.82) is 0 Å². The molecule has 0 unspecified atom stereocenters. The number of nitrogens with zero attached hydrogens (tertiary/aromatic N) is 3. The third-order valence-corrected chi connectivity index (χ3v) is 6.01. The summed E-state index contributed by atoms with van der Waals surface area (Å²) in [6.45, 7) is 5.95. The second-order valence-corrected chi connectivity index (χ2v) is 10.1. The SMILES string of the molecule is COC(=O)Nc1cc(CCc2ccc(NC(=O)Nc3cc(C(C)(C)C)nn3-c3ccc(F)cc3)c(F)c2)ccn1. The quantitative estimate of drug-likeness (QED) is 0.246. The van der Waals surface area contributed by atoms with Crippen LogP contribution in [0.2, 0.25) is 0 Å². The molecule has 3 amide bonds. The highest BCUT2D eigenvalue weighted by Crippen LogP contribution is 2.27. The lowest BCUT2D eigenvalue weighted by atomic mass is 9.92. The zero-order chi connectivity index (χ0) is 28.9. The van der Waals surface area contributed by atoms with Crippen LogP contribution >= 0.6 is 0 Å². The number of hydrogen-bond donors (Lipinski definition) is 3. The smallest absolute Gasteiger partial charge is 0.412 e. The first kappa shape index (κ1) is 28.2. The minimum absolute atomic E-state index is 0.0126. The number of pyridine rings is 1. The van der Waals surface area contributed by atoms with Crippen LogP contribution in [0.15, 0.2) is 66.9 Å². The summed E-state index contributed by atoms with van der Waals surface area (Å²) in [5.41, 5.74) is 2.60. The van der Waals surface area contributed by atoms with Crippen molar-refractivity contribution in [2.45, 2.75) is 39.0 Å². The summed E-state index contributed by atoms with van der Waals surface area (Å²) >= 11 is 0. The van der Waals surface area contributed by atoms with E-state index in [1.165, 1.54) is 36.1 Å². The minimum Gasteiger partial charge on any atom is -0.453 e. The van der Waals surface area contributed by atoms with Crippen LogP contribution in [0.4, 0.5) is 35.7 Å². The average Bonchev–Trinajstić information content (AvgIpc) is 3.33. The van der Waals surface area contributed by atoms with Crippen molar-refractivity contribution in [2.75, 3.05) is 23.1 Å². The number of ether oxygens (including phenoxy) is 1. The predicted octanol–water partition coefficient (Wildman–Crippen LogP) is 6.45. The van der Waals surface area contributed by atoms with Gasteiger partial charge >= 0.3 is 12.1 Å². The molecule has 4 aromatic rings. The van der Waals surface area contributed by atoms with Gasteiger partial charge in [0.15, 0.2) is 0 Å². The van der Waals surface area contributed by atoms with Crippen LogP contribution in [0.3, 0.4) is 0 Å². The molecule has 0 aliphatic rings. The second-order valence-electron chi connectivity index (χ2n) is 10.1. The number of benzene rings is 2. The topological polar surface area (TPSA) is 110 Å². The van der Waals surface area contributed by atoms with Crippen LogP contribution in [0.5, 0.6) is 0 Å². The molecule has 0 fully saturated rings. The molecule has 0 bridgehead atoms. The first-order valence-corrected chi connectivity index (χ1v) is 12.5. The molecular weight excluding hydrogens is 518 g/mol. The fourth-order valence-corrected chi connectivity index (χ4v) is 3.84. The largest absolute Gasteiger partial charge is 0.453 e. The first-order chi connectivity index (χ1) is 19.0. The molecule has 9 nitrogen and oxygen atoms in total. The number of carbonyl (C=O) groups excluding carboxylic acids is 2. The lowest BCUT2D eigenvalue weighted by Gasteiger charge is -2.14. The number of halogens is 2. The number of urea groups is 1. The maximum atomic E-state index is 14.9. The number of carbonyl (C=O) groups is 2. The van der Waals surface area contributed by atoms with Crippen molar-refractivity contribution in [1.82, 2.24) is 14.8 Å². The van der Waals surface area contributed by atoms with E-state index < -0.39 is 17.9 Å². The molecule has 0 aliphatic carbocycles. The highest BCUT2D eigenvalue weighted by Gasteiger charge is 2.22. The summed E-state index contributed by atoms with van der Waals surface area (Å²) in [5.74, 6) is -0.266. The van der Waals surface area contributed by atoms with Crippen molar-refractivity contribution in [3.05, 3.63) is 95.3 Å². The Labute approximate surface area is 230 Å². The molecule has 3 N–H and O–H groups in total. The van der Waals surface area contributed by atoms with Gasteiger partial charge in [0.05, 0.1) is 24.2 Å². The Hall–Kier alpha value is -4.80. The summed E-state index contributed by atoms with van der Waals surface area (Å²) in [6, 6.07) is 14.9. The average molecular weight is 549 g/mol. The molecule has 0 radical (unpaired) electrons. The number of aryl methyl sites for hydroxylation is 2. The van der Waals surface area contributed by atoms with E-state index in [4.69, 9.17) is 0 Å². The molecule has 4 rings (SSSR count). The summed E-state index contributed by atoms with van der Waals surface area (Å²) in [6.07, 6.45) is 2.05. The predicted molar refractivity (Wildman–Crippen MR) is 149 cm³/mol. The van der Waals surface area contributed by atoms with Gasteiger partial charge in [0.25, 0.3) is 0 Å². The van der Waals surface area contributed by atoms with Crippen molar-refractivity contribution < 1.29 is 23.1 Å². The van der Waals surface area contributed by atoms with Crippen LogP contribution in [0.1, 0.15) is 37.6 Å². The van der Waals surface area contributed by atoms with Gasteiger partial charge in [-0.3, -0.25) is 10.6 Å². The summed E-state index contributed by atoms with van der Waals surface area (Å²) < 4.78 is 34.4. The molecule has 208 valence electrons. The number of amides is 3. The summed E-state index contributed by atoms with van der Waals surface area (Å²) in [4.78, 5) is 28.3. The van der Waals surface area contributed by atoms with E-state index in [0.29, 0.717) is 35.9 Å². The molecule has 40 heavy (non-hydrogen) atoms. The first-order valence-electron chi connectivity index (χ1n) is 12.5. The van der Waals surface area contributed by atoms with Crippen molar-refractivity contribution >= 4 is 29.4 Å². The fraction of sp³-hybridized carbons (Fsp3) is 0.241. The lowest BCUT2D eigenvalue weighted by Crippen LogP contribution is -2.22. The summed E-state index contributed by atoms with van der Waals surface area (Å²) in [7, 11) is 1.27. The van der Waals surface area contributed by atoms with Gasteiger partial charge < -0.3 is 10.1 Å². The highest BCUT2D eigenvalue weighted by atomic mass is 19.1. The molecule has 2 heterocycles. The number of hydrogen-bond acceptors (Lipinski definition) is 5. The fourth-order valence-electron chi connectivity index (χ4n) is 3.84. The molecule has 0 saturated heterocycles. The van der Waals surface area contributed by atoms with Crippen LogP contribution in [-0.2, 0) is 23.0 Å². The van der Waals surface area contributed by atoms with Gasteiger partial charge in [-0.15, -0.1) is 0 Å². The van der Waals surface area contributed by atoms with Gasteiger partial charge in [0.2, 0.25) is 0 Å². The standard InChI is InChI=1S/C29H30F2N6O3/c1-29(2,3)24-17-26(37(36-24)21-10-8-20(30)9-11-21)35-27(38)33-23-12-7-18(15-22(23)31)5-6-19-13-14-32-25(16-19)34-28(39)40-4/h7-17H,5-6H2,1-4H3,(H,32,34,39)(H2,33,35,38). The van der Waals surface area contributed by atoms with Crippen LogP contribution in [-0.4, -0.2) is 34.0 Å². The van der Waals surface area contributed by atoms with Crippen molar-refractivity contribution in [3.8, 4) is 5.69 Å². The van der Waals surface area contributed by atoms with Gasteiger partial charge in [-0.05, 0) is 72.5 Å². The van der Waals surface area contributed by atoms with Gasteiger partial charge in [-0.1, -0.05) is 26.8 Å². The Morgan fingerprint density at radius 2 is 1.60 bits per heavy atom. The van der Waals surface area contributed by atoms with Gasteiger partial charge in [-0.25, -0.2) is 28.0 Å². The molecular formula is C29H30F2N6O3. The third kappa shape index (κ3) is 7.19. The Balaban J connectivity index is 1.43. The zero-order valence-corrected chi connectivity index (χ0v) is 22.6. The Morgan fingerprint density at radius 1 is 0.900 bits per heavy atom. The highest BCUT2D eigenvalue weighted by molar-refractivity contribution is 5.99. The molecule has 0 atom stereocenters. The Morgan fingerprint density at radius 3 is 2.25 bits per heavy atom. The Kier molecular flexibility index (Phi) is 8.42. The molecule has 2 aromatic heterocycles. The monoisotopic (exact) mass is 548 g/mol. The number of methoxy groups -OCH3 is 1. The maximum absolute atomic E-state index is 14.9. The summed E-state index contributed by atoms with van der Waals surface area (Å²) in [5, 5.41) is 12.4. The van der Waals surface area contributed by atoms with Crippen LogP contribution in [0, 0.1) is 11.6 Å². The number of nitrogens with one attached hydrogen (secondary N) is 3. The zero-order valence-electron chi connectivity index (χ0n) is 22.6. The minimum atomic E-state index is -0.655. The van der Waals surface area contributed by atoms with Gasteiger partial charge in [-0.2, -0.15) is 5.10 Å². The van der Waals surface area contributed by atoms with E-state index in [1.807, 2.05) is 20.8 Å². The van der Waals surface area contributed by atoms with Crippen LogP contribution < -0.4 is 16.0 Å². The number of aromatic nitrogens is 3. The van der Waals surface area contributed by atoms with E-state index in [0.717, 1.165) is 11.1 Å². The van der Waals surface area contributed by atoms with Gasteiger partial charge in [0, 0.05) is 17.7 Å². The van der Waals surface area contributed by atoms with Crippen LogP contribution in [0.25, 0.3) is 5.69 Å². The van der Waals surface area contributed by atoms with E-state index in [-0.39, 0.29) is 16.9 Å². The molecule has 11 heteroatoms. The molecule has 0 spiro atoms. The van der Waals surface area contributed by atoms with E-state index in [2.05, 4.69) is 30.8 Å². The van der Waals surface area contributed by atoms with E-state index in [1.54, 1.807) is 42.6 Å². The second kappa shape index (κ2) is 11.9. The lowest BCUT2D eigenvalue weighted by molar-refractivity contribution is 0.187. The third-order valence-electron chi connectivity index (χ3n) is 6.01. The van der Waals surface area contributed by atoms with E-state index >= 15 is 0 Å². The maximum Gasteiger partial charge on any atom is 0.412 e. The number of anilines is 3.